The van der Waals surface area contributed by atoms with Gasteiger partial charge in [0.05, 0.1) is 6.04 Å². The van der Waals surface area contributed by atoms with Crippen molar-refractivity contribution in [2.24, 2.45) is 0 Å². The number of hydrogen-bond donors (Lipinski definition) is 1. The fourth-order valence-electron chi connectivity index (χ4n) is 3.15. The largest absolute Gasteiger partial charge is 0.350 e. The van der Waals surface area contributed by atoms with Crippen LogP contribution in [-0.4, -0.2) is 50.2 Å². The van der Waals surface area contributed by atoms with Gasteiger partial charge in [0.25, 0.3) is 5.91 Å². The Morgan fingerprint density at radius 2 is 2.04 bits per heavy atom. The average molecular weight is 399 g/mol. The van der Waals surface area contributed by atoms with Gasteiger partial charge in [0, 0.05) is 23.3 Å². The molecule has 0 bridgehead atoms. The lowest BCUT2D eigenvalue weighted by atomic mass is 10.0. The van der Waals surface area contributed by atoms with E-state index >= 15 is 0 Å². The number of halogens is 1. The number of pyridine rings is 1. The summed E-state index contributed by atoms with van der Waals surface area (Å²) < 4.78 is 1.51. The molecule has 0 spiro atoms. The Bertz CT molecular complexity index is 911. The second-order valence-electron chi connectivity index (χ2n) is 6.21. The molecule has 3 rings (SSSR count). The lowest BCUT2D eigenvalue weighted by Gasteiger charge is -2.31. The minimum Gasteiger partial charge on any atom is -0.350 e. The van der Waals surface area contributed by atoms with Crippen LogP contribution < -0.4 is 5.32 Å². The van der Waals surface area contributed by atoms with Gasteiger partial charge in [-0.15, -0.1) is 0 Å². The molecule has 146 valence electrons. The molecule has 0 radical (unpaired) electrons. The molecule has 0 aliphatic heterocycles. The van der Waals surface area contributed by atoms with Crippen LogP contribution in [-0.2, 0) is 0 Å². The Morgan fingerprint density at radius 3 is 2.71 bits per heavy atom. The minimum absolute atomic E-state index is 0.00993. The van der Waals surface area contributed by atoms with Gasteiger partial charge in [-0.05, 0) is 36.9 Å². The molecule has 0 unspecified atom stereocenters. The van der Waals surface area contributed by atoms with Gasteiger partial charge in [-0.1, -0.05) is 43.6 Å². The highest BCUT2D eigenvalue weighted by atomic mass is 35.5. The van der Waals surface area contributed by atoms with E-state index in [1.807, 2.05) is 24.3 Å². The fraction of sp³-hybridized carbons (Fsp3) is 0.300. The summed E-state index contributed by atoms with van der Waals surface area (Å²) in [5, 5.41) is 7.78. The van der Waals surface area contributed by atoms with E-state index in [1.54, 1.807) is 18.3 Å². The van der Waals surface area contributed by atoms with Crippen LogP contribution in [0.2, 0.25) is 5.02 Å². The van der Waals surface area contributed by atoms with Gasteiger partial charge < -0.3 is 5.32 Å². The van der Waals surface area contributed by atoms with Crippen molar-refractivity contribution in [2.45, 2.75) is 19.9 Å². The average Bonchev–Trinajstić information content (AvgIpc) is 3.27. The zero-order valence-electron chi connectivity index (χ0n) is 15.9. The first-order valence-corrected chi connectivity index (χ1v) is 9.59. The number of nitrogens with one attached hydrogen (secondary N) is 1. The number of carbonyl (C=O) groups is 1. The Hall–Kier alpha value is -2.77. The minimum atomic E-state index is -0.173. The third-order valence-corrected chi connectivity index (χ3v) is 4.98. The fourth-order valence-corrected chi connectivity index (χ4v) is 3.41. The first kappa shape index (κ1) is 20.0. The van der Waals surface area contributed by atoms with Crippen molar-refractivity contribution in [1.29, 1.82) is 0 Å². The Morgan fingerprint density at radius 1 is 1.25 bits per heavy atom. The third-order valence-electron chi connectivity index (χ3n) is 4.63. The van der Waals surface area contributed by atoms with Gasteiger partial charge in [0.1, 0.15) is 12.7 Å². The van der Waals surface area contributed by atoms with Crippen molar-refractivity contribution in [3.63, 3.8) is 0 Å². The third kappa shape index (κ3) is 4.55. The summed E-state index contributed by atoms with van der Waals surface area (Å²) in [6.07, 6.45) is 4.55. The maximum atomic E-state index is 12.8. The molecule has 0 saturated heterocycles. The molecule has 1 amide bonds. The molecule has 8 heteroatoms. The summed E-state index contributed by atoms with van der Waals surface area (Å²) in [6.45, 7) is 6.36. The lowest BCUT2D eigenvalue weighted by molar-refractivity contribution is 0.0935. The predicted molar refractivity (Wildman–Crippen MR) is 109 cm³/mol. The van der Waals surface area contributed by atoms with E-state index in [9.17, 15) is 4.79 Å². The van der Waals surface area contributed by atoms with E-state index in [4.69, 9.17) is 11.6 Å². The van der Waals surface area contributed by atoms with Gasteiger partial charge in [0.2, 0.25) is 0 Å². The number of hydrogen-bond acceptors (Lipinski definition) is 5. The molecule has 1 atom stereocenters. The molecule has 28 heavy (non-hydrogen) atoms. The van der Waals surface area contributed by atoms with E-state index in [1.165, 1.54) is 17.3 Å². The molecule has 1 N–H and O–H groups in total. The van der Waals surface area contributed by atoms with Gasteiger partial charge in [0.15, 0.2) is 5.82 Å². The van der Waals surface area contributed by atoms with Gasteiger partial charge >= 0.3 is 0 Å². The maximum Gasteiger partial charge on any atom is 0.251 e. The molecule has 0 saturated carbocycles. The lowest BCUT2D eigenvalue weighted by Crippen LogP contribution is -2.38. The Kier molecular flexibility index (Phi) is 6.73. The number of amides is 1. The number of carbonyl (C=O) groups excluding carboxylic acids is 1. The molecule has 0 aliphatic rings. The van der Waals surface area contributed by atoms with Crippen LogP contribution in [0.3, 0.4) is 0 Å². The van der Waals surface area contributed by atoms with Crippen LogP contribution in [0.15, 0.2) is 55.2 Å². The van der Waals surface area contributed by atoms with E-state index in [-0.39, 0.29) is 11.9 Å². The van der Waals surface area contributed by atoms with Crippen LogP contribution in [0.25, 0.3) is 5.82 Å². The molecule has 0 fully saturated rings. The highest BCUT2D eigenvalue weighted by Crippen LogP contribution is 2.27. The second kappa shape index (κ2) is 9.43. The summed E-state index contributed by atoms with van der Waals surface area (Å²) in [4.78, 5) is 23.2. The highest BCUT2D eigenvalue weighted by molar-refractivity contribution is 6.31. The van der Waals surface area contributed by atoms with Crippen molar-refractivity contribution in [3.05, 3.63) is 71.4 Å². The number of likely N-dealkylation sites (N-methyl/N-ethyl adjacent to an activating group) is 1. The Labute approximate surface area is 169 Å². The molecular formula is C20H23ClN6O. The molecule has 2 aromatic heterocycles. The molecule has 7 nitrogen and oxygen atoms in total. The number of rotatable bonds is 8. The molecule has 1 aromatic carbocycles. The van der Waals surface area contributed by atoms with Crippen molar-refractivity contribution >= 4 is 17.5 Å². The summed E-state index contributed by atoms with van der Waals surface area (Å²) in [6, 6.07) is 11.1. The Balaban J connectivity index is 1.77. The molecular weight excluding hydrogens is 376 g/mol. The molecule has 3 aromatic rings. The van der Waals surface area contributed by atoms with Crippen LogP contribution in [0.5, 0.6) is 0 Å². The van der Waals surface area contributed by atoms with Crippen LogP contribution in [0.1, 0.15) is 35.8 Å². The van der Waals surface area contributed by atoms with Gasteiger partial charge in [-0.25, -0.2) is 14.6 Å². The monoisotopic (exact) mass is 398 g/mol. The van der Waals surface area contributed by atoms with E-state index in [0.29, 0.717) is 22.9 Å². The topological polar surface area (TPSA) is 75.9 Å². The van der Waals surface area contributed by atoms with Crippen LogP contribution in [0, 0.1) is 0 Å². The van der Waals surface area contributed by atoms with Gasteiger partial charge in [-0.3, -0.25) is 9.69 Å². The van der Waals surface area contributed by atoms with Crippen LogP contribution in [0.4, 0.5) is 0 Å². The number of aromatic nitrogens is 4. The quantitative estimate of drug-likeness (QED) is 0.630. The van der Waals surface area contributed by atoms with Crippen molar-refractivity contribution < 1.29 is 4.79 Å². The summed E-state index contributed by atoms with van der Waals surface area (Å²) in [7, 11) is 0. The zero-order valence-corrected chi connectivity index (χ0v) is 16.7. The van der Waals surface area contributed by atoms with Crippen LogP contribution >= 0.6 is 11.6 Å². The molecule has 0 aliphatic carbocycles. The van der Waals surface area contributed by atoms with Crippen molar-refractivity contribution in [2.75, 3.05) is 19.6 Å². The number of nitrogens with zero attached hydrogens (tertiary/aromatic N) is 5. The highest BCUT2D eigenvalue weighted by Gasteiger charge is 2.21. The normalized spacial score (nSPS) is 12.1. The SMILES string of the molecule is CCN(CC)[C@@H](CNC(=O)c1ccnc(-n2cncn2)c1)c1ccccc1Cl. The first-order chi connectivity index (χ1) is 13.6. The second-order valence-corrected chi connectivity index (χ2v) is 6.62. The summed E-state index contributed by atoms with van der Waals surface area (Å²) in [5.41, 5.74) is 1.52. The summed E-state index contributed by atoms with van der Waals surface area (Å²) in [5.74, 6) is 0.365. The first-order valence-electron chi connectivity index (χ1n) is 9.21. The van der Waals surface area contributed by atoms with Crippen molar-refractivity contribution in [1.82, 2.24) is 30.0 Å². The predicted octanol–water partition coefficient (Wildman–Crippen LogP) is 3.13. The van der Waals surface area contributed by atoms with E-state index in [2.05, 4.69) is 39.1 Å². The standard InChI is InChI=1S/C20H23ClN6O/c1-3-26(4-2)18(16-7-5-6-8-17(16)21)12-24-20(28)15-9-10-23-19(11-15)27-14-22-13-25-27/h5-11,13-14,18H,3-4,12H2,1-2H3,(H,24,28)/t18-/m0/s1. The number of benzene rings is 1. The maximum absolute atomic E-state index is 12.8. The van der Waals surface area contributed by atoms with Gasteiger partial charge in [-0.2, -0.15) is 5.10 Å². The zero-order chi connectivity index (χ0) is 19.9. The van der Waals surface area contributed by atoms with E-state index < -0.39 is 0 Å². The molecule has 2 heterocycles. The summed E-state index contributed by atoms with van der Waals surface area (Å²) >= 11 is 6.42. The smallest absolute Gasteiger partial charge is 0.251 e. The van der Waals surface area contributed by atoms with E-state index in [0.717, 1.165) is 18.7 Å². The van der Waals surface area contributed by atoms with Crippen molar-refractivity contribution in [3.8, 4) is 5.82 Å².